The molecular weight excluding hydrogens is 349 g/mol. The van der Waals surface area contributed by atoms with Crippen LogP contribution in [0.4, 0.5) is 10.1 Å². The number of aryl methyl sites for hydroxylation is 1. The van der Waals surface area contributed by atoms with Crippen LogP contribution in [0.1, 0.15) is 12.5 Å². The molecule has 0 aliphatic rings. The summed E-state index contributed by atoms with van der Waals surface area (Å²) in [6.07, 6.45) is -1.06. The van der Waals surface area contributed by atoms with Gasteiger partial charge in [0.2, 0.25) is 0 Å². The van der Waals surface area contributed by atoms with Crippen LogP contribution in [0.25, 0.3) is 0 Å². The van der Waals surface area contributed by atoms with Gasteiger partial charge in [0.05, 0.1) is 0 Å². The van der Waals surface area contributed by atoms with Crippen LogP contribution in [0.15, 0.2) is 42.5 Å². The molecule has 0 aromatic heterocycles. The number of anilines is 1. The van der Waals surface area contributed by atoms with Crippen LogP contribution in [0.3, 0.4) is 0 Å². The Kier molecular flexibility index (Phi) is 6.36. The molecule has 0 aliphatic heterocycles. The molecule has 0 unspecified atom stereocenters. The van der Waals surface area contributed by atoms with Crippen LogP contribution in [-0.2, 0) is 14.3 Å². The van der Waals surface area contributed by atoms with Crippen molar-refractivity contribution in [2.45, 2.75) is 20.0 Å². The molecular formula is C18H17ClFNO4. The molecule has 2 rings (SSSR count). The summed E-state index contributed by atoms with van der Waals surface area (Å²) in [6, 6.07) is 10.8. The van der Waals surface area contributed by atoms with E-state index in [1.165, 1.54) is 13.0 Å². The molecule has 0 heterocycles. The van der Waals surface area contributed by atoms with Gasteiger partial charge in [-0.1, -0.05) is 23.7 Å². The topological polar surface area (TPSA) is 64.6 Å². The fourth-order valence-electron chi connectivity index (χ4n) is 1.90. The standard InChI is InChI=1S/C18H17ClFNO4/c1-11-6-7-14(9-16(11)20)21-18(23)12(2)25-17(22)10-24-15-5-3-4-13(19)8-15/h3-9,12H,10H2,1-2H3,(H,21,23)/t12-/m1/s1. The first kappa shape index (κ1) is 18.7. The number of hydrogen-bond donors (Lipinski definition) is 1. The Labute approximate surface area is 149 Å². The normalized spacial score (nSPS) is 11.5. The van der Waals surface area contributed by atoms with E-state index in [4.69, 9.17) is 21.1 Å². The van der Waals surface area contributed by atoms with E-state index in [2.05, 4.69) is 5.32 Å². The quantitative estimate of drug-likeness (QED) is 0.792. The number of ether oxygens (including phenoxy) is 2. The van der Waals surface area contributed by atoms with Gasteiger partial charge in [-0.2, -0.15) is 0 Å². The van der Waals surface area contributed by atoms with Crippen molar-refractivity contribution in [3.8, 4) is 5.75 Å². The second kappa shape index (κ2) is 8.48. The monoisotopic (exact) mass is 365 g/mol. The average molecular weight is 366 g/mol. The van der Waals surface area contributed by atoms with Crippen molar-refractivity contribution in [1.82, 2.24) is 0 Å². The lowest BCUT2D eigenvalue weighted by molar-refractivity contribution is -0.155. The molecule has 7 heteroatoms. The first-order valence-electron chi connectivity index (χ1n) is 7.50. The molecule has 2 aromatic carbocycles. The van der Waals surface area contributed by atoms with E-state index in [-0.39, 0.29) is 12.3 Å². The fraction of sp³-hybridized carbons (Fsp3) is 0.222. The van der Waals surface area contributed by atoms with Gasteiger partial charge in [-0.3, -0.25) is 4.79 Å². The highest BCUT2D eigenvalue weighted by molar-refractivity contribution is 6.30. The molecule has 1 amide bonds. The van der Waals surface area contributed by atoms with E-state index in [1.54, 1.807) is 43.3 Å². The Balaban J connectivity index is 1.83. The lowest BCUT2D eigenvalue weighted by Gasteiger charge is -2.14. The van der Waals surface area contributed by atoms with Crippen LogP contribution in [0, 0.1) is 12.7 Å². The van der Waals surface area contributed by atoms with Crippen LogP contribution < -0.4 is 10.1 Å². The molecule has 132 valence electrons. The third kappa shape index (κ3) is 5.76. The van der Waals surface area contributed by atoms with Crippen LogP contribution in [0.2, 0.25) is 5.02 Å². The predicted octanol–water partition coefficient (Wildman–Crippen LogP) is 3.74. The summed E-state index contributed by atoms with van der Waals surface area (Å²) in [5.41, 5.74) is 0.752. The van der Waals surface area contributed by atoms with Gasteiger partial charge < -0.3 is 14.8 Å². The van der Waals surface area contributed by atoms with Crippen molar-refractivity contribution >= 4 is 29.2 Å². The molecule has 2 aromatic rings. The highest BCUT2D eigenvalue weighted by Gasteiger charge is 2.18. The maximum Gasteiger partial charge on any atom is 0.344 e. The molecule has 1 N–H and O–H groups in total. The van der Waals surface area contributed by atoms with Crippen molar-refractivity contribution < 1.29 is 23.5 Å². The van der Waals surface area contributed by atoms with Gasteiger partial charge in [0, 0.05) is 10.7 Å². The van der Waals surface area contributed by atoms with Gasteiger partial charge in [-0.15, -0.1) is 0 Å². The van der Waals surface area contributed by atoms with Gasteiger partial charge >= 0.3 is 5.97 Å². The lowest BCUT2D eigenvalue weighted by atomic mass is 10.2. The average Bonchev–Trinajstić information content (AvgIpc) is 2.56. The Morgan fingerprint density at radius 3 is 2.68 bits per heavy atom. The number of rotatable bonds is 6. The number of hydrogen-bond acceptors (Lipinski definition) is 4. The van der Waals surface area contributed by atoms with E-state index in [0.29, 0.717) is 16.3 Å². The minimum atomic E-state index is -1.06. The largest absolute Gasteiger partial charge is 0.482 e. The van der Waals surface area contributed by atoms with Gasteiger partial charge in [-0.05, 0) is 49.7 Å². The summed E-state index contributed by atoms with van der Waals surface area (Å²) in [4.78, 5) is 23.7. The maximum atomic E-state index is 13.5. The van der Waals surface area contributed by atoms with Gasteiger partial charge in [-0.25, -0.2) is 9.18 Å². The number of esters is 1. The second-order valence-electron chi connectivity index (χ2n) is 5.33. The second-order valence-corrected chi connectivity index (χ2v) is 5.77. The third-order valence-electron chi connectivity index (χ3n) is 3.27. The van der Waals surface area contributed by atoms with Crippen LogP contribution in [0.5, 0.6) is 5.75 Å². The lowest BCUT2D eigenvalue weighted by Crippen LogP contribution is -2.31. The van der Waals surface area contributed by atoms with Crippen molar-refractivity contribution in [2.75, 3.05) is 11.9 Å². The van der Waals surface area contributed by atoms with Crippen molar-refractivity contribution in [1.29, 1.82) is 0 Å². The minimum absolute atomic E-state index is 0.283. The van der Waals surface area contributed by atoms with Gasteiger partial charge in [0.1, 0.15) is 11.6 Å². The number of carbonyl (C=O) groups excluding carboxylic acids is 2. The molecule has 0 fully saturated rings. The Bertz CT molecular complexity index is 781. The summed E-state index contributed by atoms with van der Waals surface area (Å²) in [7, 11) is 0. The third-order valence-corrected chi connectivity index (χ3v) is 3.50. The summed E-state index contributed by atoms with van der Waals surface area (Å²) < 4.78 is 23.7. The van der Waals surface area contributed by atoms with Crippen molar-refractivity contribution in [3.63, 3.8) is 0 Å². The van der Waals surface area contributed by atoms with E-state index in [9.17, 15) is 14.0 Å². The zero-order valence-electron chi connectivity index (χ0n) is 13.7. The first-order valence-corrected chi connectivity index (χ1v) is 7.88. The first-order chi connectivity index (χ1) is 11.8. The van der Waals surface area contributed by atoms with Crippen LogP contribution >= 0.6 is 11.6 Å². The van der Waals surface area contributed by atoms with E-state index in [1.807, 2.05) is 0 Å². The highest BCUT2D eigenvalue weighted by atomic mass is 35.5. The summed E-state index contributed by atoms with van der Waals surface area (Å²) in [6.45, 7) is 2.67. The van der Waals surface area contributed by atoms with Gasteiger partial charge in [0.25, 0.3) is 5.91 Å². The van der Waals surface area contributed by atoms with Crippen molar-refractivity contribution in [3.05, 3.63) is 58.9 Å². The molecule has 0 aliphatic carbocycles. The van der Waals surface area contributed by atoms with Crippen molar-refractivity contribution in [2.24, 2.45) is 0 Å². The predicted molar refractivity (Wildman–Crippen MR) is 92.3 cm³/mol. The Morgan fingerprint density at radius 1 is 1.24 bits per heavy atom. The number of benzene rings is 2. The smallest absolute Gasteiger partial charge is 0.344 e. The summed E-state index contributed by atoms with van der Waals surface area (Å²) in [5, 5.41) is 2.96. The Hall–Kier alpha value is -2.60. The SMILES string of the molecule is Cc1ccc(NC(=O)[C@@H](C)OC(=O)COc2cccc(Cl)c2)cc1F. The number of carbonyl (C=O) groups is 2. The molecule has 0 saturated carbocycles. The molecule has 1 atom stereocenters. The molecule has 5 nitrogen and oxygen atoms in total. The molecule has 25 heavy (non-hydrogen) atoms. The minimum Gasteiger partial charge on any atom is -0.482 e. The molecule has 0 saturated heterocycles. The van der Waals surface area contributed by atoms with E-state index >= 15 is 0 Å². The zero-order chi connectivity index (χ0) is 18.4. The zero-order valence-corrected chi connectivity index (χ0v) is 14.5. The fourth-order valence-corrected chi connectivity index (χ4v) is 2.08. The van der Waals surface area contributed by atoms with Crippen LogP contribution in [-0.4, -0.2) is 24.6 Å². The molecule has 0 radical (unpaired) electrons. The summed E-state index contributed by atoms with van der Waals surface area (Å²) >= 11 is 5.81. The number of amides is 1. The maximum absolute atomic E-state index is 13.5. The highest BCUT2D eigenvalue weighted by Crippen LogP contribution is 2.17. The van der Waals surface area contributed by atoms with E-state index < -0.39 is 23.8 Å². The number of halogens is 2. The van der Waals surface area contributed by atoms with E-state index in [0.717, 1.165) is 0 Å². The molecule has 0 spiro atoms. The van der Waals surface area contributed by atoms with Gasteiger partial charge in [0.15, 0.2) is 12.7 Å². The number of nitrogens with one attached hydrogen (secondary N) is 1. The molecule has 0 bridgehead atoms. The Morgan fingerprint density at radius 2 is 2.00 bits per heavy atom. The summed E-state index contributed by atoms with van der Waals surface area (Å²) in [5.74, 6) is -1.30.